The maximum absolute atomic E-state index is 13.4. The molecular formula is C22H16ClF4N5O. The molecule has 1 N–H and O–H groups in total. The van der Waals surface area contributed by atoms with E-state index in [9.17, 15) is 22.4 Å². The number of nitrogens with one attached hydrogen (secondary N) is 1. The Morgan fingerprint density at radius 2 is 1.76 bits per heavy atom. The van der Waals surface area contributed by atoms with Crippen molar-refractivity contribution < 1.29 is 22.4 Å². The van der Waals surface area contributed by atoms with E-state index in [1.165, 1.54) is 41.7 Å². The van der Waals surface area contributed by atoms with Crippen LogP contribution in [-0.2, 0) is 11.0 Å². The topological polar surface area (TPSA) is 70.5 Å². The minimum atomic E-state index is -4.46. The Hall–Kier alpha value is -3.53. The van der Waals surface area contributed by atoms with Crippen LogP contribution in [0.3, 0.4) is 0 Å². The average Bonchev–Trinajstić information content (AvgIpc) is 3.18. The Morgan fingerprint density at radius 3 is 2.36 bits per heavy atom. The quantitative estimate of drug-likeness (QED) is 0.539. The molecule has 1 amide bonds. The fourth-order valence-corrected chi connectivity index (χ4v) is 3.48. The molecule has 4 rings (SSSR count). The largest absolute Gasteiger partial charge is 0.416 e. The fourth-order valence-electron chi connectivity index (χ4n) is 3.38. The van der Waals surface area contributed by atoms with Gasteiger partial charge in [0.05, 0.1) is 41.8 Å². The number of hydrazone groups is 1. The van der Waals surface area contributed by atoms with Gasteiger partial charge in [-0.25, -0.2) is 9.37 Å². The Morgan fingerprint density at radius 1 is 1.06 bits per heavy atom. The monoisotopic (exact) mass is 477 g/mol. The van der Waals surface area contributed by atoms with Crippen LogP contribution in [0.25, 0.3) is 0 Å². The molecule has 2 heterocycles. The predicted molar refractivity (Wildman–Crippen MR) is 114 cm³/mol. The summed E-state index contributed by atoms with van der Waals surface area (Å²) in [5.74, 6) is -1.20. The SMILES string of the molecule is O=C(CN1CC(c2cnc(Cl)cn2)C(c2ccc(F)cc2)=N1)Nc1ccc(C(F)(F)F)cc1. The molecule has 0 fully saturated rings. The molecule has 1 aliphatic rings. The molecule has 33 heavy (non-hydrogen) atoms. The van der Waals surface area contributed by atoms with Crippen molar-refractivity contribution in [3.05, 3.63) is 88.7 Å². The highest BCUT2D eigenvalue weighted by atomic mass is 35.5. The summed E-state index contributed by atoms with van der Waals surface area (Å²) in [6, 6.07) is 9.93. The van der Waals surface area contributed by atoms with E-state index in [2.05, 4.69) is 20.4 Å². The number of alkyl halides is 3. The van der Waals surface area contributed by atoms with Gasteiger partial charge in [-0.05, 0) is 42.0 Å². The lowest BCUT2D eigenvalue weighted by atomic mass is 9.95. The lowest BCUT2D eigenvalue weighted by Crippen LogP contribution is -2.29. The summed E-state index contributed by atoms with van der Waals surface area (Å²) in [5.41, 5.74) is 1.24. The highest BCUT2D eigenvalue weighted by molar-refractivity contribution is 6.29. The van der Waals surface area contributed by atoms with Crippen molar-refractivity contribution in [1.29, 1.82) is 0 Å². The highest BCUT2D eigenvalue weighted by Crippen LogP contribution is 2.30. The van der Waals surface area contributed by atoms with Gasteiger partial charge in [0.1, 0.15) is 17.5 Å². The van der Waals surface area contributed by atoms with E-state index < -0.39 is 23.5 Å². The van der Waals surface area contributed by atoms with Crippen molar-refractivity contribution in [2.75, 3.05) is 18.4 Å². The number of aromatic nitrogens is 2. The van der Waals surface area contributed by atoms with Gasteiger partial charge in [-0.3, -0.25) is 14.8 Å². The van der Waals surface area contributed by atoms with Gasteiger partial charge in [0.2, 0.25) is 5.91 Å². The number of carbonyl (C=O) groups excluding carboxylic acids is 1. The van der Waals surface area contributed by atoms with Gasteiger partial charge < -0.3 is 5.32 Å². The Kier molecular flexibility index (Phi) is 6.28. The molecule has 0 bridgehead atoms. The molecule has 170 valence electrons. The number of hydrogen-bond donors (Lipinski definition) is 1. The van der Waals surface area contributed by atoms with Gasteiger partial charge in [0.25, 0.3) is 0 Å². The molecule has 0 saturated carbocycles. The third-order valence-electron chi connectivity index (χ3n) is 4.93. The molecule has 11 heteroatoms. The standard InChI is InChI=1S/C22H16ClF4N5O/c23-19-10-28-18(9-29-19)17-11-32(31-21(17)13-1-5-15(24)6-2-13)12-20(33)30-16-7-3-14(4-8-16)22(25,26)27/h1-10,17H,11-12H2,(H,30,33). The van der Waals surface area contributed by atoms with Crippen molar-refractivity contribution in [1.82, 2.24) is 15.0 Å². The summed E-state index contributed by atoms with van der Waals surface area (Å²) in [6.45, 7) is 0.146. The predicted octanol–water partition coefficient (Wildman–Crippen LogP) is 4.73. The Labute approximate surface area is 190 Å². The maximum atomic E-state index is 13.4. The Balaban J connectivity index is 1.50. The first kappa shape index (κ1) is 22.7. The fraction of sp³-hybridized carbons (Fsp3) is 0.182. The molecule has 1 aliphatic heterocycles. The van der Waals surface area contributed by atoms with Crippen LogP contribution in [0.1, 0.15) is 22.7 Å². The number of amides is 1. The van der Waals surface area contributed by atoms with E-state index in [4.69, 9.17) is 11.6 Å². The van der Waals surface area contributed by atoms with Gasteiger partial charge in [-0.15, -0.1) is 0 Å². The summed E-state index contributed by atoms with van der Waals surface area (Å²) < 4.78 is 51.5. The number of halogens is 5. The van der Waals surface area contributed by atoms with Crippen LogP contribution in [-0.4, -0.2) is 39.7 Å². The molecule has 6 nitrogen and oxygen atoms in total. The van der Waals surface area contributed by atoms with Crippen LogP contribution >= 0.6 is 11.6 Å². The summed E-state index contributed by atoms with van der Waals surface area (Å²) >= 11 is 5.83. The second-order valence-electron chi connectivity index (χ2n) is 7.28. The molecule has 1 atom stereocenters. The number of nitrogens with zero attached hydrogens (tertiary/aromatic N) is 4. The minimum Gasteiger partial charge on any atom is -0.324 e. The number of hydrogen-bond acceptors (Lipinski definition) is 5. The van der Waals surface area contributed by atoms with E-state index in [-0.39, 0.29) is 23.3 Å². The summed E-state index contributed by atoms with van der Waals surface area (Å²) in [4.78, 5) is 20.8. The third-order valence-corrected chi connectivity index (χ3v) is 5.13. The van der Waals surface area contributed by atoms with Crippen molar-refractivity contribution in [3.63, 3.8) is 0 Å². The molecule has 2 aromatic carbocycles. The van der Waals surface area contributed by atoms with E-state index in [1.807, 2.05) is 0 Å². The van der Waals surface area contributed by atoms with Gasteiger partial charge in [-0.1, -0.05) is 23.7 Å². The zero-order valence-electron chi connectivity index (χ0n) is 16.9. The second kappa shape index (κ2) is 9.14. The normalized spacial score (nSPS) is 16.0. The Bertz CT molecular complexity index is 1170. The van der Waals surface area contributed by atoms with Crippen LogP contribution < -0.4 is 5.32 Å². The van der Waals surface area contributed by atoms with Crippen LogP contribution in [0.2, 0.25) is 5.15 Å². The van der Waals surface area contributed by atoms with E-state index in [0.717, 1.165) is 12.1 Å². The maximum Gasteiger partial charge on any atom is 0.416 e. The summed E-state index contributed by atoms with van der Waals surface area (Å²) in [6.07, 6.45) is -1.54. The first-order chi connectivity index (χ1) is 15.7. The average molecular weight is 478 g/mol. The molecule has 1 unspecified atom stereocenters. The van der Waals surface area contributed by atoms with Gasteiger partial charge in [0, 0.05) is 5.69 Å². The number of carbonyl (C=O) groups is 1. The second-order valence-corrected chi connectivity index (χ2v) is 7.67. The molecule has 0 aliphatic carbocycles. The lowest BCUT2D eigenvalue weighted by molar-refractivity contribution is -0.137. The molecule has 0 saturated heterocycles. The van der Waals surface area contributed by atoms with Crippen LogP contribution in [0.15, 0.2) is 66.0 Å². The van der Waals surface area contributed by atoms with Crippen LogP contribution in [0, 0.1) is 5.82 Å². The third kappa shape index (κ3) is 5.46. The molecular weight excluding hydrogens is 462 g/mol. The number of rotatable bonds is 5. The zero-order valence-corrected chi connectivity index (χ0v) is 17.6. The van der Waals surface area contributed by atoms with Crippen molar-refractivity contribution in [2.45, 2.75) is 12.1 Å². The minimum absolute atomic E-state index is 0.150. The van der Waals surface area contributed by atoms with Crippen LogP contribution in [0.5, 0.6) is 0 Å². The van der Waals surface area contributed by atoms with Crippen molar-refractivity contribution in [2.24, 2.45) is 5.10 Å². The first-order valence-electron chi connectivity index (χ1n) is 9.73. The molecule has 1 aromatic heterocycles. The summed E-state index contributed by atoms with van der Waals surface area (Å²) in [7, 11) is 0. The van der Waals surface area contributed by atoms with Gasteiger partial charge >= 0.3 is 6.18 Å². The number of anilines is 1. The molecule has 0 spiro atoms. The summed E-state index contributed by atoms with van der Waals surface area (Å²) in [5, 5.41) is 8.81. The van der Waals surface area contributed by atoms with Gasteiger partial charge in [0.15, 0.2) is 0 Å². The lowest BCUT2D eigenvalue weighted by Gasteiger charge is -2.16. The smallest absolute Gasteiger partial charge is 0.324 e. The van der Waals surface area contributed by atoms with Crippen molar-refractivity contribution >= 4 is 28.9 Å². The number of benzene rings is 2. The molecule has 0 radical (unpaired) electrons. The van der Waals surface area contributed by atoms with Crippen LogP contribution in [0.4, 0.5) is 23.2 Å². The van der Waals surface area contributed by atoms with E-state index in [0.29, 0.717) is 23.5 Å². The zero-order chi connectivity index (χ0) is 23.6. The van der Waals surface area contributed by atoms with E-state index >= 15 is 0 Å². The van der Waals surface area contributed by atoms with E-state index in [1.54, 1.807) is 12.1 Å². The molecule has 3 aromatic rings. The van der Waals surface area contributed by atoms with Gasteiger partial charge in [-0.2, -0.15) is 18.3 Å². The van der Waals surface area contributed by atoms with Crippen molar-refractivity contribution in [3.8, 4) is 0 Å². The highest BCUT2D eigenvalue weighted by Gasteiger charge is 2.32. The first-order valence-corrected chi connectivity index (χ1v) is 10.1.